The predicted molar refractivity (Wildman–Crippen MR) is 112 cm³/mol. The lowest BCUT2D eigenvalue weighted by molar-refractivity contribution is 0.793. The molecule has 0 N–H and O–H groups in total. The molecule has 4 aromatic carbocycles. The molecule has 0 nitrogen and oxygen atoms in total. The fraction of sp³-hybridized carbons (Fsp3) is 0.0769. The summed E-state index contributed by atoms with van der Waals surface area (Å²) in [4.78, 5) is 0. The Morgan fingerprint density at radius 2 is 1.19 bits per heavy atom. The van der Waals surface area contributed by atoms with Crippen molar-refractivity contribution in [3.05, 3.63) is 118 Å². The summed E-state index contributed by atoms with van der Waals surface area (Å²) in [7, 11) is 0. The van der Waals surface area contributed by atoms with Gasteiger partial charge in [0.2, 0.25) is 0 Å². The van der Waals surface area contributed by atoms with Crippen LogP contribution in [0.3, 0.4) is 0 Å². The van der Waals surface area contributed by atoms with E-state index in [9.17, 15) is 0 Å². The SMILES string of the molecule is [2H]C([2H])([2H])c1cc(Cl)cc2c1-c1ccccc1C21c2ccccc2-c2ccccc21. The third-order valence-corrected chi connectivity index (χ3v) is 6.28. The topological polar surface area (TPSA) is 0 Å². The summed E-state index contributed by atoms with van der Waals surface area (Å²) in [6, 6.07) is 28.6. The molecule has 27 heavy (non-hydrogen) atoms. The molecule has 1 heteroatoms. The number of halogens is 1. The van der Waals surface area contributed by atoms with Crippen LogP contribution < -0.4 is 0 Å². The Morgan fingerprint density at radius 3 is 1.78 bits per heavy atom. The molecule has 0 saturated carbocycles. The minimum absolute atomic E-state index is 0.316. The fourth-order valence-electron chi connectivity index (χ4n) is 5.18. The first-order valence-corrected chi connectivity index (χ1v) is 9.45. The highest BCUT2D eigenvalue weighted by atomic mass is 35.5. The predicted octanol–water partition coefficient (Wildman–Crippen LogP) is 6.99. The van der Waals surface area contributed by atoms with Crippen LogP contribution in [-0.4, -0.2) is 0 Å². The number of benzene rings is 4. The van der Waals surface area contributed by atoms with E-state index >= 15 is 0 Å². The van der Waals surface area contributed by atoms with Gasteiger partial charge in [-0.15, -0.1) is 0 Å². The van der Waals surface area contributed by atoms with Crippen molar-refractivity contribution in [3.63, 3.8) is 0 Å². The molecule has 0 aromatic heterocycles. The second-order valence-corrected chi connectivity index (χ2v) is 7.70. The van der Waals surface area contributed by atoms with Crippen molar-refractivity contribution in [2.45, 2.75) is 12.3 Å². The van der Waals surface area contributed by atoms with Gasteiger partial charge in [-0.25, -0.2) is 0 Å². The van der Waals surface area contributed by atoms with Crippen molar-refractivity contribution < 1.29 is 4.11 Å². The zero-order valence-corrected chi connectivity index (χ0v) is 15.2. The van der Waals surface area contributed by atoms with Crippen LogP contribution in [0.5, 0.6) is 0 Å². The summed E-state index contributed by atoms with van der Waals surface area (Å²) in [6.07, 6.45) is 0. The molecule has 0 amide bonds. The normalized spacial score (nSPS) is 16.7. The molecule has 0 atom stereocenters. The molecular formula is C26H17Cl. The van der Waals surface area contributed by atoms with E-state index in [1.54, 1.807) is 6.07 Å². The minimum atomic E-state index is -2.26. The van der Waals surface area contributed by atoms with Gasteiger partial charge >= 0.3 is 0 Å². The van der Waals surface area contributed by atoms with Gasteiger partial charge in [0.05, 0.1) is 5.41 Å². The van der Waals surface area contributed by atoms with E-state index in [0.717, 1.165) is 22.3 Å². The van der Waals surface area contributed by atoms with Gasteiger partial charge in [-0.05, 0) is 69.1 Å². The Balaban J connectivity index is 1.87. The smallest absolute Gasteiger partial charge is 0.0726 e. The number of rotatable bonds is 0. The molecule has 0 saturated heterocycles. The Labute approximate surface area is 168 Å². The Morgan fingerprint density at radius 1 is 0.667 bits per heavy atom. The number of aryl methyl sites for hydroxylation is 1. The van der Waals surface area contributed by atoms with Crippen LogP contribution in [0.2, 0.25) is 5.02 Å². The second-order valence-electron chi connectivity index (χ2n) is 7.26. The maximum absolute atomic E-state index is 8.20. The Kier molecular flexibility index (Phi) is 2.38. The quantitative estimate of drug-likeness (QED) is 0.271. The molecule has 1 spiro atoms. The summed E-state index contributed by atoms with van der Waals surface area (Å²) >= 11 is 6.54. The average Bonchev–Trinajstić information content (AvgIpc) is 3.20. The summed E-state index contributed by atoms with van der Waals surface area (Å²) in [5.74, 6) is 0. The molecule has 4 aromatic rings. The lowest BCUT2D eigenvalue weighted by Gasteiger charge is -2.30. The van der Waals surface area contributed by atoms with Crippen LogP contribution in [-0.2, 0) is 5.41 Å². The third kappa shape index (κ3) is 1.70. The Hall–Kier alpha value is -2.83. The number of hydrogen-bond acceptors (Lipinski definition) is 0. The summed E-state index contributed by atoms with van der Waals surface area (Å²) in [5, 5.41) is 0.453. The maximum atomic E-state index is 8.20. The van der Waals surface area contributed by atoms with Crippen LogP contribution in [0.4, 0.5) is 0 Å². The second kappa shape index (κ2) is 5.12. The molecule has 128 valence electrons. The fourth-order valence-corrected chi connectivity index (χ4v) is 5.40. The number of fused-ring (bicyclic) bond motifs is 10. The van der Waals surface area contributed by atoms with Crippen molar-refractivity contribution in [3.8, 4) is 22.3 Å². The zero-order chi connectivity index (χ0) is 20.7. The standard InChI is InChI=1S/C26H17Cl/c1-16-14-17(27)15-24-25(16)20-10-4-7-13-23(20)26(24)21-11-5-2-8-18(21)19-9-3-6-12-22(19)26/h2-15H,1H3/i1D3. The largest absolute Gasteiger partial charge is 0.0843 e. The zero-order valence-electron chi connectivity index (χ0n) is 17.5. The summed E-state index contributed by atoms with van der Waals surface area (Å²) in [5.41, 5.74) is 8.32. The molecule has 2 aliphatic rings. The van der Waals surface area contributed by atoms with Crippen molar-refractivity contribution in [1.82, 2.24) is 0 Å². The summed E-state index contributed by atoms with van der Waals surface area (Å²) < 4.78 is 24.6. The molecule has 0 heterocycles. The highest BCUT2D eigenvalue weighted by Gasteiger charge is 2.51. The van der Waals surface area contributed by atoms with Gasteiger partial charge in [0, 0.05) is 9.13 Å². The van der Waals surface area contributed by atoms with E-state index in [2.05, 4.69) is 54.6 Å². The maximum Gasteiger partial charge on any atom is 0.0726 e. The van der Waals surface area contributed by atoms with Crippen LogP contribution in [0, 0.1) is 6.85 Å². The van der Waals surface area contributed by atoms with Crippen LogP contribution >= 0.6 is 11.6 Å². The first-order chi connectivity index (χ1) is 14.4. The van der Waals surface area contributed by atoms with Crippen LogP contribution in [0.1, 0.15) is 31.9 Å². The molecule has 6 rings (SSSR count). The molecule has 2 aliphatic carbocycles. The van der Waals surface area contributed by atoms with Crippen molar-refractivity contribution in [2.75, 3.05) is 0 Å². The van der Waals surface area contributed by atoms with E-state index in [4.69, 9.17) is 15.7 Å². The minimum Gasteiger partial charge on any atom is -0.0843 e. The van der Waals surface area contributed by atoms with Gasteiger partial charge in [0.15, 0.2) is 0 Å². The van der Waals surface area contributed by atoms with Crippen molar-refractivity contribution >= 4 is 11.6 Å². The highest BCUT2D eigenvalue weighted by Crippen LogP contribution is 2.63. The third-order valence-electron chi connectivity index (χ3n) is 6.06. The molecule has 0 bridgehead atoms. The first kappa shape index (κ1) is 12.5. The van der Waals surface area contributed by atoms with Gasteiger partial charge < -0.3 is 0 Å². The first-order valence-electron chi connectivity index (χ1n) is 10.6. The van der Waals surface area contributed by atoms with E-state index in [0.29, 0.717) is 10.6 Å². The highest BCUT2D eigenvalue weighted by molar-refractivity contribution is 6.31. The molecule has 0 radical (unpaired) electrons. The van der Waals surface area contributed by atoms with Crippen LogP contribution in [0.25, 0.3) is 22.3 Å². The number of hydrogen-bond donors (Lipinski definition) is 0. The van der Waals surface area contributed by atoms with Gasteiger partial charge in [0.1, 0.15) is 0 Å². The Bertz CT molecular complexity index is 1310. The lowest BCUT2D eigenvalue weighted by Crippen LogP contribution is -2.25. The van der Waals surface area contributed by atoms with E-state index < -0.39 is 12.3 Å². The molecule has 0 aliphatic heterocycles. The van der Waals surface area contributed by atoms with E-state index in [-0.39, 0.29) is 0 Å². The van der Waals surface area contributed by atoms with E-state index in [1.165, 1.54) is 22.3 Å². The van der Waals surface area contributed by atoms with Gasteiger partial charge in [-0.3, -0.25) is 0 Å². The molecular weight excluding hydrogens is 348 g/mol. The van der Waals surface area contributed by atoms with Crippen LogP contribution in [0.15, 0.2) is 84.9 Å². The van der Waals surface area contributed by atoms with Gasteiger partial charge in [-0.1, -0.05) is 84.4 Å². The van der Waals surface area contributed by atoms with Gasteiger partial charge in [0.25, 0.3) is 0 Å². The molecule has 0 unspecified atom stereocenters. The monoisotopic (exact) mass is 367 g/mol. The van der Waals surface area contributed by atoms with E-state index in [1.807, 2.05) is 24.3 Å². The van der Waals surface area contributed by atoms with Gasteiger partial charge in [-0.2, -0.15) is 0 Å². The molecule has 0 fully saturated rings. The summed E-state index contributed by atoms with van der Waals surface area (Å²) in [6.45, 7) is -2.26. The average molecular weight is 368 g/mol. The lowest BCUT2D eigenvalue weighted by atomic mass is 9.70. The van der Waals surface area contributed by atoms with Crippen molar-refractivity contribution in [1.29, 1.82) is 0 Å². The van der Waals surface area contributed by atoms with Crippen molar-refractivity contribution in [2.24, 2.45) is 0 Å².